The Kier molecular flexibility index (Phi) is 8.80. The third-order valence-corrected chi connectivity index (χ3v) is 8.14. The standard InChI is InChI=1S/C23H35N5O5S/c1-17-7-9-21(10-8-17)34(31,32)26(4)14-22-18(2)13-27(19(3)15-29)23(30)6-5-11-28-20(16-33-22)12-24-25-28/h7-10,12,18-19,22,29H,5-6,11,13-16H2,1-4H3/t18-,19+,22-/m1/s1. The molecule has 0 unspecified atom stereocenters. The zero-order chi connectivity index (χ0) is 24.9. The van der Waals surface area contributed by atoms with Gasteiger partial charge in [0, 0.05) is 39.0 Å². The molecule has 0 fully saturated rings. The maximum absolute atomic E-state index is 13.2. The summed E-state index contributed by atoms with van der Waals surface area (Å²) in [5.74, 6) is -0.257. The topological polar surface area (TPSA) is 118 Å². The molecule has 10 nitrogen and oxygen atoms in total. The van der Waals surface area contributed by atoms with Gasteiger partial charge < -0.3 is 14.7 Å². The lowest BCUT2D eigenvalue weighted by molar-refractivity contribution is -0.136. The first kappa shape index (κ1) is 26.3. The number of carbonyl (C=O) groups excluding carboxylic acids is 1. The number of rotatable bonds is 6. The fourth-order valence-electron chi connectivity index (χ4n) is 3.99. The van der Waals surface area contributed by atoms with Crippen molar-refractivity contribution in [2.75, 3.05) is 26.7 Å². The molecule has 34 heavy (non-hydrogen) atoms. The summed E-state index contributed by atoms with van der Waals surface area (Å²) < 4.78 is 35.6. The summed E-state index contributed by atoms with van der Waals surface area (Å²) in [5, 5.41) is 17.8. The van der Waals surface area contributed by atoms with Crippen molar-refractivity contribution < 1.29 is 23.1 Å². The van der Waals surface area contributed by atoms with Gasteiger partial charge in [-0.25, -0.2) is 13.1 Å². The molecule has 1 N–H and O–H groups in total. The average molecular weight is 494 g/mol. The van der Waals surface area contributed by atoms with Gasteiger partial charge in [0.05, 0.1) is 42.1 Å². The number of sulfonamides is 1. The summed E-state index contributed by atoms with van der Waals surface area (Å²) in [7, 11) is -2.19. The molecular formula is C23H35N5O5S. The van der Waals surface area contributed by atoms with E-state index in [2.05, 4.69) is 10.3 Å². The fourth-order valence-corrected chi connectivity index (χ4v) is 5.17. The van der Waals surface area contributed by atoms with E-state index in [0.29, 0.717) is 25.9 Å². The Hall–Kier alpha value is -2.34. The van der Waals surface area contributed by atoms with Crippen molar-refractivity contribution in [2.45, 2.75) is 63.8 Å². The van der Waals surface area contributed by atoms with E-state index < -0.39 is 16.1 Å². The van der Waals surface area contributed by atoms with Crippen LogP contribution in [0.1, 0.15) is 37.9 Å². The van der Waals surface area contributed by atoms with Crippen molar-refractivity contribution in [1.82, 2.24) is 24.2 Å². The molecule has 0 saturated heterocycles. The zero-order valence-corrected chi connectivity index (χ0v) is 21.1. The van der Waals surface area contributed by atoms with E-state index in [9.17, 15) is 18.3 Å². The molecule has 0 saturated carbocycles. The Bertz CT molecular complexity index is 1060. The van der Waals surface area contributed by atoms with Crippen LogP contribution in [0.15, 0.2) is 35.4 Å². The molecule has 3 rings (SSSR count). The number of likely N-dealkylation sites (N-methyl/N-ethyl adjacent to an activating group) is 1. The molecule has 1 aromatic heterocycles. The number of fused-ring (bicyclic) bond motifs is 1. The first-order valence-corrected chi connectivity index (χ1v) is 13.0. The maximum Gasteiger partial charge on any atom is 0.242 e. The monoisotopic (exact) mass is 493 g/mol. The zero-order valence-electron chi connectivity index (χ0n) is 20.3. The van der Waals surface area contributed by atoms with Gasteiger partial charge >= 0.3 is 0 Å². The maximum atomic E-state index is 13.2. The van der Waals surface area contributed by atoms with Gasteiger partial charge in [0.2, 0.25) is 15.9 Å². The highest BCUT2D eigenvalue weighted by atomic mass is 32.2. The van der Waals surface area contributed by atoms with Gasteiger partial charge in [-0.05, 0) is 32.4 Å². The van der Waals surface area contributed by atoms with Crippen LogP contribution in [0.4, 0.5) is 0 Å². The number of amides is 1. The molecule has 1 aliphatic rings. The van der Waals surface area contributed by atoms with E-state index in [4.69, 9.17) is 4.74 Å². The minimum absolute atomic E-state index is 0.0602. The Morgan fingerprint density at radius 2 is 2.00 bits per heavy atom. The summed E-state index contributed by atoms with van der Waals surface area (Å²) in [6.45, 7) is 6.69. The second-order valence-corrected chi connectivity index (χ2v) is 11.1. The number of aromatic nitrogens is 3. The van der Waals surface area contributed by atoms with Gasteiger partial charge in [0.15, 0.2) is 0 Å². The summed E-state index contributed by atoms with van der Waals surface area (Å²) in [6.07, 6.45) is 2.04. The van der Waals surface area contributed by atoms with Crippen molar-refractivity contribution in [3.05, 3.63) is 41.7 Å². The average Bonchev–Trinajstić information content (AvgIpc) is 3.25. The van der Waals surface area contributed by atoms with E-state index >= 15 is 0 Å². The first-order chi connectivity index (χ1) is 16.1. The predicted octanol–water partition coefficient (Wildman–Crippen LogP) is 1.43. The van der Waals surface area contributed by atoms with E-state index in [-0.39, 0.29) is 42.5 Å². The lowest BCUT2D eigenvalue weighted by Crippen LogP contribution is -2.47. The molecule has 0 bridgehead atoms. The van der Waals surface area contributed by atoms with Crippen molar-refractivity contribution in [2.24, 2.45) is 5.92 Å². The van der Waals surface area contributed by atoms with Crippen LogP contribution in [0.3, 0.4) is 0 Å². The molecule has 1 amide bonds. The Morgan fingerprint density at radius 1 is 1.29 bits per heavy atom. The van der Waals surface area contributed by atoms with E-state index in [1.807, 2.05) is 13.8 Å². The van der Waals surface area contributed by atoms with Crippen molar-refractivity contribution >= 4 is 15.9 Å². The minimum Gasteiger partial charge on any atom is -0.394 e. The number of hydrogen-bond acceptors (Lipinski definition) is 7. The summed E-state index contributed by atoms with van der Waals surface area (Å²) in [5.41, 5.74) is 1.75. The van der Waals surface area contributed by atoms with Crippen LogP contribution in [-0.4, -0.2) is 82.5 Å². The number of aliphatic hydroxyl groups is 1. The van der Waals surface area contributed by atoms with Crippen LogP contribution in [0.25, 0.3) is 0 Å². The molecule has 11 heteroatoms. The normalized spacial score (nSPS) is 21.6. The van der Waals surface area contributed by atoms with Gasteiger partial charge in [-0.15, -0.1) is 5.10 Å². The van der Waals surface area contributed by atoms with Crippen molar-refractivity contribution in [3.8, 4) is 0 Å². The van der Waals surface area contributed by atoms with Crippen molar-refractivity contribution in [1.29, 1.82) is 0 Å². The molecule has 0 radical (unpaired) electrons. The number of nitrogens with zero attached hydrogens (tertiary/aromatic N) is 5. The Balaban J connectivity index is 1.86. The molecule has 0 aliphatic carbocycles. The summed E-state index contributed by atoms with van der Waals surface area (Å²) >= 11 is 0. The van der Waals surface area contributed by atoms with Crippen LogP contribution < -0.4 is 0 Å². The molecule has 1 aromatic carbocycles. The van der Waals surface area contributed by atoms with Gasteiger partial charge in [0.1, 0.15) is 0 Å². The fraction of sp³-hybridized carbons (Fsp3) is 0.609. The highest BCUT2D eigenvalue weighted by Gasteiger charge is 2.31. The Labute approximate surface area is 201 Å². The first-order valence-electron chi connectivity index (χ1n) is 11.6. The molecule has 188 valence electrons. The van der Waals surface area contributed by atoms with Crippen LogP contribution in [0.2, 0.25) is 0 Å². The predicted molar refractivity (Wildman–Crippen MR) is 126 cm³/mol. The van der Waals surface area contributed by atoms with Gasteiger partial charge in [-0.3, -0.25) is 4.79 Å². The lowest BCUT2D eigenvalue weighted by Gasteiger charge is -2.35. The second-order valence-electron chi connectivity index (χ2n) is 9.06. The lowest BCUT2D eigenvalue weighted by atomic mass is 10.0. The Morgan fingerprint density at radius 3 is 2.68 bits per heavy atom. The summed E-state index contributed by atoms with van der Waals surface area (Å²) in [4.78, 5) is 14.8. The van der Waals surface area contributed by atoms with Crippen molar-refractivity contribution in [3.63, 3.8) is 0 Å². The van der Waals surface area contributed by atoms with Gasteiger partial charge in [-0.1, -0.05) is 29.8 Å². The highest BCUT2D eigenvalue weighted by Crippen LogP contribution is 2.21. The van der Waals surface area contributed by atoms with E-state index in [1.54, 1.807) is 47.0 Å². The minimum atomic E-state index is -3.72. The molecule has 3 atom stereocenters. The molecule has 1 aliphatic heterocycles. The van der Waals surface area contributed by atoms with Crippen LogP contribution >= 0.6 is 0 Å². The van der Waals surface area contributed by atoms with Crippen LogP contribution in [-0.2, 0) is 32.7 Å². The number of hydrogen-bond donors (Lipinski definition) is 1. The SMILES string of the molecule is Cc1ccc(S(=O)(=O)N(C)C[C@H]2OCc3cnnn3CCCC(=O)N([C@@H](C)CO)C[C@H]2C)cc1. The number of carbonyl (C=O) groups is 1. The molecule has 2 aromatic rings. The second kappa shape index (κ2) is 11.4. The quantitative estimate of drug-likeness (QED) is 0.647. The summed E-state index contributed by atoms with van der Waals surface area (Å²) in [6, 6.07) is 6.38. The smallest absolute Gasteiger partial charge is 0.242 e. The molecule has 2 heterocycles. The van der Waals surface area contributed by atoms with Gasteiger partial charge in [0.25, 0.3) is 0 Å². The number of benzene rings is 1. The third kappa shape index (κ3) is 6.21. The van der Waals surface area contributed by atoms with E-state index in [0.717, 1.165) is 11.3 Å². The van der Waals surface area contributed by atoms with Crippen LogP contribution in [0, 0.1) is 12.8 Å². The van der Waals surface area contributed by atoms with Gasteiger partial charge in [-0.2, -0.15) is 4.31 Å². The van der Waals surface area contributed by atoms with Crippen LogP contribution in [0.5, 0.6) is 0 Å². The number of aliphatic hydroxyl groups excluding tert-OH is 1. The third-order valence-electron chi connectivity index (χ3n) is 6.31. The largest absolute Gasteiger partial charge is 0.394 e. The van der Waals surface area contributed by atoms with E-state index in [1.165, 1.54) is 11.4 Å². The number of ether oxygens (including phenoxy) is 1. The molecule has 0 spiro atoms. The highest BCUT2D eigenvalue weighted by molar-refractivity contribution is 7.89. The molecular weight excluding hydrogens is 458 g/mol. The number of aryl methyl sites for hydroxylation is 2.